The van der Waals surface area contributed by atoms with Crippen LogP contribution in [0.4, 0.5) is 0 Å². The van der Waals surface area contributed by atoms with Crippen molar-refractivity contribution in [3.63, 3.8) is 0 Å². The summed E-state index contributed by atoms with van der Waals surface area (Å²) >= 11 is 0. The molecule has 6 nitrogen and oxygen atoms in total. The predicted molar refractivity (Wildman–Crippen MR) is 142 cm³/mol. The summed E-state index contributed by atoms with van der Waals surface area (Å²) in [5.74, 6) is -3.52. The zero-order valence-electron chi connectivity index (χ0n) is 22.9. The van der Waals surface area contributed by atoms with E-state index in [0.717, 1.165) is 22.3 Å². The number of rotatable bonds is 9. The smallest absolute Gasteiger partial charge is 0.306 e. The minimum absolute atomic E-state index is 0.105. The van der Waals surface area contributed by atoms with Crippen LogP contribution in [-0.2, 0) is 33.3 Å². The van der Waals surface area contributed by atoms with Crippen molar-refractivity contribution in [1.82, 2.24) is 0 Å². The van der Waals surface area contributed by atoms with Crippen molar-refractivity contribution < 1.29 is 30.0 Å². The maximum atomic E-state index is 12.1. The lowest BCUT2D eigenvalue weighted by Gasteiger charge is -2.25. The van der Waals surface area contributed by atoms with Crippen LogP contribution in [0.25, 0.3) is 0 Å². The van der Waals surface area contributed by atoms with E-state index in [1.54, 1.807) is 12.1 Å². The fourth-order valence-electron chi connectivity index (χ4n) is 4.72. The van der Waals surface area contributed by atoms with Crippen LogP contribution >= 0.6 is 0 Å². The summed E-state index contributed by atoms with van der Waals surface area (Å²) < 4.78 is 0. The Morgan fingerprint density at radius 3 is 1.22 bits per heavy atom. The Hall–Kier alpha value is -3.02. The highest BCUT2D eigenvalue weighted by atomic mass is 16.4. The van der Waals surface area contributed by atoms with Gasteiger partial charge in [-0.15, -0.1) is 0 Å². The SMILES string of the molecule is Cc1cc(CC(CCC(Cc2cc(C)cc(C(C)(C)C)c2O)C(=O)O)C(=O)O)c(O)c(C(C)(C)C)c1. The molecular formula is C30H42O6. The van der Waals surface area contributed by atoms with Crippen molar-refractivity contribution >= 4 is 11.9 Å². The van der Waals surface area contributed by atoms with Crippen molar-refractivity contribution in [2.24, 2.45) is 11.8 Å². The molecule has 0 fully saturated rings. The van der Waals surface area contributed by atoms with Crippen molar-refractivity contribution in [2.75, 3.05) is 0 Å². The van der Waals surface area contributed by atoms with Crippen LogP contribution in [-0.4, -0.2) is 32.4 Å². The number of benzene rings is 2. The van der Waals surface area contributed by atoms with E-state index in [4.69, 9.17) is 0 Å². The first-order valence-corrected chi connectivity index (χ1v) is 12.5. The van der Waals surface area contributed by atoms with Gasteiger partial charge in [0.1, 0.15) is 11.5 Å². The van der Waals surface area contributed by atoms with Gasteiger partial charge in [-0.2, -0.15) is 0 Å². The summed E-state index contributed by atoms with van der Waals surface area (Å²) in [6.07, 6.45) is 0.511. The third-order valence-electron chi connectivity index (χ3n) is 6.78. The van der Waals surface area contributed by atoms with Crippen LogP contribution in [0.2, 0.25) is 0 Å². The number of aromatic hydroxyl groups is 2. The van der Waals surface area contributed by atoms with E-state index < -0.39 is 23.8 Å². The third-order valence-corrected chi connectivity index (χ3v) is 6.78. The molecule has 0 amide bonds. The standard InChI is InChI=1S/C30H42O6/c1-17-11-21(25(31)23(13-17)29(3,4)5)15-19(27(33)34)9-10-20(28(35)36)16-22-12-18(2)14-24(26(22)32)30(6,7)8/h11-14,19-20,31-32H,9-10,15-16H2,1-8H3,(H,33,34)(H,35,36). The Morgan fingerprint density at radius 1 is 0.667 bits per heavy atom. The average Bonchev–Trinajstić information content (AvgIpc) is 2.72. The molecule has 2 atom stereocenters. The van der Waals surface area contributed by atoms with Crippen molar-refractivity contribution in [3.05, 3.63) is 57.6 Å². The lowest BCUT2D eigenvalue weighted by molar-refractivity contribution is -0.145. The molecule has 2 unspecified atom stereocenters. The van der Waals surface area contributed by atoms with Gasteiger partial charge in [0.25, 0.3) is 0 Å². The minimum atomic E-state index is -1.02. The van der Waals surface area contributed by atoms with E-state index in [1.807, 2.05) is 67.5 Å². The molecule has 0 aromatic heterocycles. The van der Waals surface area contributed by atoms with Crippen molar-refractivity contribution in [3.8, 4) is 11.5 Å². The van der Waals surface area contributed by atoms with Gasteiger partial charge in [-0.3, -0.25) is 9.59 Å². The third kappa shape index (κ3) is 7.25. The topological polar surface area (TPSA) is 115 Å². The number of phenolic OH excluding ortho intramolecular Hbond substituents is 2. The Balaban J connectivity index is 2.29. The molecule has 0 aliphatic rings. The lowest BCUT2D eigenvalue weighted by Crippen LogP contribution is -2.23. The molecule has 0 saturated carbocycles. The molecular weight excluding hydrogens is 456 g/mol. The number of aliphatic carboxylic acids is 2. The number of carbonyl (C=O) groups is 2. The van der Waals surface area contributed by atoms with Crippen LogP contribution < -0.4 is 0 Å². The summed E-state index contributed by atoms with van der Waals surface area (Å²) in [7, 11) is 0. The van der Waals surface area contributed by atoms with Crippen LogP contribution in [0, 0.1) is 25.7 Å². The number of hydrogen-bond donors (Lipinski definition) is 4. The average molecular weight is 499 g/mol. The van der Waals surface area contributed by atoms with E-state index in [9.17, 15) is 30.0 Å². The fourth-order valence-corrected chi connectivity index (χ4v) is 4.72. The number of carboxylic acid groups (broad SMARTS) is 2. The minimum Gasteiger partial charge on any atom is -0.507 e. The number of hydrogen-bond acceptors (Lipinski definition) is 4. The largest absolute Gasteiger partial charge is 0.507 e. The molecule has 6 heteroatoms. The maximum Gasteiger partial charge on any atom is 0.306 e. The molecule has 4 N–H and O–H groups in total. The van der Waals surface area contributed by atoms with E-state index in [-0.39, 0.29) is 48.0 Å². The monoisotopic (exact) mass is 498 g/mol. The maximum absolute atomic E-state index is 12.1. The lowest BCUT2D eigenvalue weighted by atomic mass is 9.81. The molecule has 0 aliphatic heterocycles. The van der Waals surface area contributed by atoms with Crippen LogP contribution in [0.3, 0.4) is 0 Å². The highest BCUT2D eigenvalue weighted by Crippen LogP contribution is 2.38. The van der Waals surface area contributed by atoms with E-state index >= 15 is 0 Å². The molecule has 0 heterocycles. The molecule has 0 saturated heterocycles. The Kier molecular flexibility index (Phi) is 8.87. The highest BCUT2D eigenvalue weighted by molar-refractivity contribution is 5.72. The molecule has 36 heavy (non-hydrogen) atoms. The van der Waals surface area contributed by atoms with Gasteiger partial charge in [0, 0.05) is 0 Å². The van der Waals surface area contributed by atoms with Gasteiger partial charge in [0.05, 0.1) is 11.8 Å². The van der Waals surface area contributed by atoms with Crippen LogP contribution in [0.1, 0.15) is 87.8 Å². The summed E-state index contributed by atoms with van der Waals surface area (Å²) in [5.41, 5.74) is 3.90. The molecule has 0 aliphatic carbocycles. The van der Waals surface area contributed by atoms with Gasteiger partial charge in [-0.1, -0.05) is 76.9 Å². The highest BCUT2D eigenvalue weighted by Gasteiger charge is 2.28. The molecule has 0 bridgehead atoms. The first-order valence-electron chi connectivity index (χ1n) is 12.5. The van der Waals surface area contributed by atoms with Gasteiger partial charge >= 0.3 is 11.9 Å². The first-order chi connectivity index (χ1) is 16.4. The summed E-state index contributed by atoms with van der Waals surface area (Å²) in [5, 5.41) is 41.6. The summed E-state index contributed by atoms with van der Waals surface area (Å²) in [6, 6.07) is 7.42. The Morgan fingerprint density at radius 2 is 0.972 bits per heavy atom. The molecule has 2 rings (SSSR count). The number of carboxylic acids is 2. The van der Waals surface area contributed by atoms with Gasteiger partial charge in [0.15, 0.2) is 0 Å². The van der Waals surface area contributed by atoms with Gasteiger partial charge < -0.3 is 20.4 Å². The molecule has 2 aromatic carbocycles. The normalized spacial score (nSPS) is 13.9. The van der Waals surface area contributed by atoms with E-state index in [0.29, 0.717) is 11.1 Å². The molecule has 0 spiro atoms. The number of phenols is 2. The first kappa shape index (κ1) is 29.2. The zero-order valence-corrected chi connectivity index (χ0v) is 22.9. The van der Waals surface area contributed by atoms with Crippen LogP contribution in [0.5, 0.6) is 11.5 Å². The van der Waals surface area contributed by atoms with E-state index in [2.05, 4.69) is 0 Å². The Bertz CT molecular complexity index is 1030. The quantitative estimate of drug-likeness (QED) is 0.324. The van der Waals surface area contributed by atoms with Gasteiger partial charge in [-0.05, 0) is 72.6 Å². The second-order valence-corrected chi connectivity index (χ2v) is 12.2. The van der Waals surface area contributed by atoms with Crippen molar-refractivity contribution in [1.29, 1.82) is 0 Å². The fraction of sp³-hybridized carbons (Fsp3) is 0.533. The summed E-state index contributed by atoms with van der Waals surface area (Å²) in [4.78, 5) is 24.2. The van der Waals surface area contributed by atoms with E-state index in [1.165, 1.54) is 0 Å². The van der Waals surface area contributed by atoms with Crippen molar-refractivity contribution in [2.45, 2.75) is 91.9 Å². The summed E-state index contributed by atoms with van der Waals surface area (Å²) in [6.45, 7) is 15.8. The zero-order chi connectivity index (χ0) is 27.6. The second kappa shape index (κ2) is 10.9. The molecule has 2 aromatic rings. The van der Waals surface area contributed by atoms with Gasteiger partial charge in [-0.25, -0.2) is 0 Å². The second-order valence-electron chi connectivity index (χ2n) is 12.2. The van der Waals surface area contributed by atoms with Gasteiger partial charge in [0.2, 0.25) is 0 Å². The molecule has 198 valence electrons. The number of aryl methyl sites for hydroxylation is 2. The van der Waals surface area contributed by atoms with Crippen LogP contribution in [0.15, 0.2) is 24.3 Å². The predicted octanol–water partition coefficient (Wildman–Crippen LogP) is 6.28. The molecule has 0 radical (unpaired) electrons. The Labute approximate surface area is 215 Å².